The Hall–Kier alpha value is -1.55. The number of aryl methyl sites for hydroxylation is 1. The number of anilines is 1. The Labute approximate surface area is 127 Å². The predicted molar refractivity (Wildman–Crippen MR) is 87.9 cm³/mol. The number of rotatable bonds is 6. The lowest BCUT2D eigenvalue weighted by molar-refractivity contribution is 0.0956. The van der Waals surface area contributed by atoms with Crippen molar-refractivity contribution in [2.45, 2.75) is 52.1 Å². The van der Waals surface area contributed by atoms with E-state index in [-0.39, 0.29) is 5.91 Å². The number of hydrogen-bond acceptors (Lipinski definition) is 3. The Balaban J connectivity index is 1.95. The number of benzene rings is 1. The highest BCUT2D eigenvalue weighted by molar-refractivity contribution is 5.94. The predicted octanol–water partition coefficient (Wildman–Crippen LogP) is 2.69. The maximum Gasteiger partial charge on any atom is 0.251 e. The van der Waals surface area contributed by atoms with Gasteiger partial charge in [-0.15, -0.1) is 0 Å². The normalized spacial score (nSPS) is 19.3. The summed E-state index contributed by atoms with van der Waals surface area (Å²) in [6.45, 7) is 8.00. The lowest BCUT2D eigenvalue weighted by Crippen LogP contribution is -2.29. The Kier molecular flexibility index (Phi) is 5.62. The average Bonchev–Trinajstić information content (AvgIpc) is 2.94. The summed E-state index contributed by atoms with van der Waals surface area (Å²) in [4.78, 5) is 11.8. The zero-order valence-electron chi connectivity index (χ0n) is 13.3. The van der Waals surface area contributed by atoms with Gasteiger partial charge in [0.05, 0.1) is 0 Å². The molecule has 21 heavy (non-hydrogen) atoms. The average molecular weight is 289 g/mol. The third kappa shape index (κ3) is 4.46. The minimum atomic E-state index is -0.00430. The Morgan fingerprint density at radius 1 is 1.48 bits per heavy atom. The van der Waals surface area contributed by atoms with Crippen molar-refractivity contribution in [3.05, 3.63) is 29.3 Å². The van der Waals surface area contributed by atoms with Gasteiger partial charge in [0.25, 0.3) is 5.91 Å². The molecule has 2 atom stereocenters. The van der Waals surface area contributed by atoms with Crippen LogP contribution in [0.1, 0.15) is 49.0 Å². The molecule has 0 bridgehead atoms. The van der Waals surface area contributed by atoms with Gasteiger partial charge in [-0.3, -0.25) is 4.79 Å². The van der Waals surface area contributed by atoms with Crippen molar-refractivity contribution in [2.24, 2.45) is 0 Å². The topological polar surface area (TPSA) is 53.2 Å². The third-order valence-electron chi connectivity index (χ3n) is 4.03. The summed E-state index contributed by atoms with van der Waals surface area (Å²) >= 11 is 0. The first-order valence-corrected chi connectivity index (χ1v) is 7.99. The fourth-order valence-electron chi connectivity index (χ4n) is 2.94. The summed E-state index contributed by atoms with van der Waals surface area (Å²) in [6, 6.07) is 6.92. The highest BCUT2D eigenvalue weighted by Crippen LogP contribution is 2.20. The molecule has 0 aromatic heterocycles. The monoisotopic (exact) mass is 289 g/mol. The summed E-state index contributed by atoms with van der Waals surface area (Å²) in [7, 11) is 0. The molecule has 4 heteroatoms. The standard InChI is InChI=1S/C17H27N3O/c1-4-18-17(21)14-7-8-16(12(2)10-14)20-13(3)11-15-6-5-9-19-15/h7-8,10,13,15,19-20H,4-6,9,11H2,1-3H3,(H,18,21). The molecule has 1 aromatic carbocycles. The van der Waals surface area contributed by atoms with Crippen LogP contribution in [0, 0.1) is 6.92 Å². The lowest BCUT2D eigenvalue weighted by atomic mass is 10.0. The summed E-state index contributed by atoms with van der Waals surface area (Å²) in [5, 5.41) is 9.93. The number of hydrogen-bond donors (Lipinski definition) is 3. The van der Waals surface area contributed by atoms with Crippen LogP contribution in [0.3, 0.4) is 0 Å². The van der Waals surface area contributed by atoms with Crippen LogP contribution in [0.25, 0.3) is 0 Å². The van der Waals surface area contributed by atoms with Crippen LogP contribution in [-0.4, -0.2) is 31.1 Å². The van der Waals surface area contributed by atoms with Gasteiger partial charge in [0.1, 0.15) is 0 Å². The van der Waals surface area contributed by atoms with Crippen molar-refractivity contribution in [1.29, 1.82) is 0 Å². The first-order chi connectivity index (χ1) is 10.1. The molecule has 1 aliphatic rings. The molecule has 2 unspecified atom stereocenters. The van der Waals surface area contributed by atoms with Crippen LogP contribution in [0.5, 0.6) is 0 Å². The number of carbonyl (C=O) groups excluding carboxylic acids is 1. The highest BCUT2D eigenvalue weighted by Gasteiger charge is 2.17. The van der Waals surface area contributed by atoms with Gasteiger partial charge in [-0.1, -0.05) is 0 Å². The number of amides is 1. The zero-order valence-corrected chi connectivity index (χ0v) is 13.3. The van der Waals surface area contributed by atoms with E-state index in [4.69, 9.17) is 0 Å². The van der Waals surface area contributed by atoms with E-state index < -0.39 is 0 Å². The first kappa shape index (κ1) is 15.8. The molecule has 1 saturated heterocycles. The minimum Gasteiger partial charge on any atom is -0.382 e. The van der Waals surface area contributed by atoms with E-state index in [0.29, 0.717) is 18.6 Å². The molecule has 0 radical (unpaired) electrons. The molecule has 1 aliphatic heterocycles. The van der Waals surface area contributed by atoms with Crippen LogP contribution in [0.4, 0.5) is 5.69 Å². The van der Waals surface area contributed by atoms with Gasteiger partial charge in [0, 0.05) is 29.9 Å². The van der Waals surface area contributed by atoms with Crippen LogP contribution in [0.2, 0.25) is 0 Å². The second-order valence-electron chi connectivity index (χ2n) is 5.96. The van der Waals surface area contributed by atoms with Crippen LogP contribution in [-0.2, 0) is 0 Å². The van der Waals surface area contributed by atoms with Gasteiger partial charge in [0.2, 0.25) is 0 Å². The highest BCUT2D eigenvalue weighted by atomic mass is 16.1. The smallest absolute Gasteiger partial charge is 0.251 e. The largest absolute Gasteiger partial charge is 0.382 e. The molecule has 116 valence electrons. The van der Waals surface area contributed by atoms with E-state index in [1.54, 1.807) is 0 Å². The molecule has 0 aliphatic carbocycles. The van der Waals surface area contributed by atoms with E-state index in [9.17, 15) is 4.79 Å². The molecule has 1 fully saturated rings. The van der Waals surface area contributed by atoms with Crippen molar-refractivity contribution in [2.75, 3.05) is 18.4 Å². The van der Waals surface area contributed by atoms with Gasteiger partial charge in [0.15, 0.2) is 0 Å². The fraction of sp³-hybridized carbons (Fsp3) is 0.588. The van der Waals surface area contributed by atoms with Crippen molar-refractivity contribution in [3.63, 3.8) is 0 Å². The Bertz CT molecular complexity index is 481. The first-order valence-electron chi connectivity index (χ1n) is 7.99. The van der Waals surface area contributed by atoms with Crippen molar-refractivity contribution in [1.82, 2.24) is 10.6 Å². The molecule has 1 amide bonds. The van der Waals surface area contributed by atoms with Gasteiger partial charge in [-0.05, 0) is 70.3 Å². The Morgan fingerprint density at radius 3 is 2.90 bits per heavy atom. The molecule has 0 saturated carbocycles. The molecule has 0 spiro atoms. The second kappa shape index (κ2) is 7.46. The van der Waals surface area contributed by atoms with Gasteiger partial charge < -0.3 is 16.0 Å². The van der Waals surface area contributed by atoms with Crippen molar-refractivity contribution >= 4 is 11.6 Å². The van der Waals surface area contributed by atoms with Crippen molar-refractivity contribution < 1.29 is 4.79 Å². The van der Waals surface area contributed by atoms with Gasteiger partial charge in [-0.25, -0.2) is 0 Å². The number of carbonyl (C=O) groups is 1. The molecular weight excluding hydrogens is 262 g/mol. The van der Waals surface area contributed by atoms with Crippen LogP contribution < -0.4 is 16.0 Å². The lowest BCUT2D eigenvalue weighted by Gasteiger charge is -2.21. The molecule has 2 rings (SSSR count). The quantitative estimate of drug-likeness (QED) is 0.754. The maximum atomic E-state index is 11.8. The molecule has 1 aromatic rings. The zero-order chi connectivity index (χ0) is 15.2. The molecule has 1 heterocycles. The SMILES string of the molecule is CCNC(=O)c1ccc(NC(C)CC2CCCN2)c(C)c1. The maximum absolute atomic E-state index is 11.8. The molecule has 4 nitrogen and oxygen atoms in total. The fourth-order valence-corrected chi connectivity index (χ4v) is 2.94. The summed E-state index contributed by atoms with van der Waals surface area (Å²) in [6.07, 6.45) is 3.70. The second-order valence-corrected chi connectivity index (χ2v) is 5.96. The summed E-state index contributed by atoms with van der Waals surface area (Å²) in [5.41, 5.74) is 2.96. The van der Waals surface area contributed by atoms with E-state index in [0.717, 1.165) is 29.8 Å². The summed E-state index contributed by atoms with van der Waals surface area (Å²) < 4.78 is 0. The molecular formula is C17H27N3O. The van der Waals surface area contributed by atoms with Gasteiger partial charge >= 0.3 is 0 Å². The van der Waals surface area contributed by atoms with Crippen LogP contribution >= 0.6 is 0 Å². The van der Waals surface area contributed by atoms with E-state index in [1.165, 1.54) is 12.8 Å². The summed E-state index contributed by atoms with van der Waals surface area (Å²) in [5.74, 6) is -0.00430. The van der Waals surface area contributed by atoms with E-state index in [2.05, 4.69) is 22.9 Å². The number of nitrogens with one attached hydrogen (secondary N) is 3. The third-order valence-corrected chi connectivity index (χ3v) is 4.03. The van der Waals surface area contributed by atoms with E-state index in [1.807, 2.05) is 32.0 Å². The Morgan fingerprint density at radius 2 is 2.29 bits per heavy atom. The van der Waals surface area contributed by atoms with E-state index >= 15 is 0 Å². The van der Waals surface area contributed by atoms with Crippen LogP contribution in [0.15, 0.2) is 18.2 Å². The van der Waals surface area contributed by atoms with Crippen molar-refractivity contribution in [3.8, 4) is 0 Å². The minimum absolute atomic E-state index is 0.00430. The molecule has 3 N–H and O–H groups in total. The van der Waals surface area contributed by atoms with Gasteiger partial charge in [-0.2, -0.15) is 0 Å².